The molecule has 2 rings (SSSR count). The summed E-state index contributed by atoms with van der Waals surface area (Å²) >= 11 is 0. The van der Waals surface area contributed by atoms with Crippen LogP contribution in [0.15, 0.2) is 0 Å². The molecule has 0 aliphatic heterocycles. The Morgan fingerprint density at radius 3 is 2.65 bits per heavy atom. The summed E-state index contributed by atoms with van der Waals surface area (Å²) in [6, 6.07) is 0. The van der Waals surface area contributed by atoms with E-state index >= 15 is 0 Å². The van der Waals surface area contributed by atoms with Crippen LogP contribution in [-0.2, 0) is 0 Å². The molecule has 1 saturated carbocycles. The molecule has 1 aliphatic carbocycles. The summed E-state index contributed by atoms with van der Waals surface area (Å²) in [6.45, 7) is 4.50. The summed E-state index contributed by atoms with van der Waals surface area (Å²) in [4.78, 5) is 8.52. The first kappa shape index (κ1) is 12.1. The highest BCUT2D eigenvalue weighted by Crippen LogP contribution is 2.27. The van der Waals surface area contributed by atoms with Crippen LogP contribution in [0.1, 0.15) is 37.1 Å². The summed E-state index contributed by atoms with van der Waals surface area (Å²) in [5, 5.41) is 0. The molecule has 5 nitrogen and oxygen atoms in total. The van der Waals surface area contributed by atoms with Gasteiger partial charge in [0, 0.05) is 0 Å². The fourth-order valence-corrected chi connectivity index (χ4v) is 2.26. The highest BCUT2D eigenvalue weighted by molar-refractivity contribution is 5.47. The van der Waals surface area contributed by atoms with Gasteiger partial charge in [-0.05, 0) is 32.6 Å². The van der Waals surface area contributed by atoms with Gasteiger partial charge in [-0.2, -0.15) is 4.98 Å². The fraction of sp³-hybridized carbons (Fsp3) is 0.667. The number of aromatic nitrogens is 2. The molecule has 0 unspecified atom stereocenters. The smallest absolute Gasteiger partial charge is 0.221 e. The molecule has 1 aromatic heterocycles. The van der Waals surface area contributed by atoms with Gasteiger partial charge in [0.05, 0.1) is 12.2 Å². The lowest BCUT2D eigenvalue weighted by atomic mass is 10.1. The number of aryl methyl sites for hydroxylation is 1. The van der Waals surface area contributed by atoms with Crippen molar-refractivity contribution in [3.8, 4) is 5.88 Å². The molecule has 1 aliphatic rings. The van der Waals surface area contributed by atoms with Crippen LogP contribution in [0.3, 0.4) is 0 Å². The Morgan fingerprint density at radius 1 is 1.29 bits per heavy atom. The van der Waals surface area contributed by atoms with Crippen LogP contribution >= 0.6 is 0 Å². The number of anilines is 1. The second-order valence-electron chi connectivity index (χ2n) is 4.66. The van der Waals surface area contributed by atoms with Crippen molar-refractivity contribution in [2.24, 2.45) is 11.8 Å². The number of hydrogen-bond acceptors (Lipinski definition) is 5. The average Bonchev–Trinajstić information content (AvgIpc) is 2.82. The number of hydrogen-bond donors (Lipinski definition) is 2. The van der Waals surface area contributed by atoms with E-state index in [4.69, 9.17) is 10.6 Å². The Morgan fingerprint density at radius 2 is 2.00 bits per heavy atom. The predicted octanol–water partition coefficient (Wildman–Crippen LogP) is 1.95. The van der Waals surface area contributed by atoms with Crippen LogP contribution in [0.2, 0.25) is 0 Å². The fourth-order valence-electron chi connectivity index (χ4n) is 2.26. The van der Waals surface area contributed by atoms with Crippen LogP contribution in [0.4, 0.5) is 5.82 Å². The minimum atomic E-state index is 0.638. The molecule has 0 saturated heterocycles. The quantitative estimate of drug-likeness (QED) is 0.617. The highest BCUT2D eigenvalue weighted by Gasteiger charge is 2.17. The van der Waals surface area contributed by atoms with Gasteiger partial charge in [0.15, 0.2) is 0 Å². The SMILES string of the molecule is Cc1nc(NN)c(C)c(OCC2CCCC2)n1. The van der Waals surface area contributed by atoms with Crippen LogP contribution in [-0.4, -0.2) is 16.6 Å². The van der Waals surface area contributed by atoms with Gasteiger partial charge < -0.3 is 10.2 Å². The Kier molecular flexibility index (Phi) is 3.78. The van der Waals surface area contributed by atoms with Crippen molar-refractivity contribution in [1.29, 1.82) is 0 Å². The van der Waals surface area contributed by atoms with Gasteiger partial charge in [0.25, 0.3) is 0 Å². The Balaban J connectivity index is 2.06. The average molecular weight is 236 g/mol. The number of ether oxygens (including phenoxy) is 1. The molecule has 3 N–H and O–H groups in total. The number of rotatable bonds is 4. The lowest BCUT2D eigenvalue weighted by molar-refractivity contribution is 0.241. The van der Waals surface area contributed by atoms with Gasteiger partial charge in [0.1, 0.15) is 11.6 Å². The number of nitrogens with one attached hydrogen (secondary N) is 1. The van der Waals surface area contributed by atoms with E-state index < -0.39 is 0 Å². The number of nitrogens with two attached hydrogens (primary N) is 1. The molecular weight excluding hydrogens is 216 g/mol. The van der Waals surface area contributed by atoms with E-state index in [2.05, 4.69) is 15.4 Å². The van der Waals surface area contributed by atoms with Gasteiger partial charge in [-0.3, -0.25) is 0 Å². The molecule has 1 aromatic rings. The Hall–Kier alpha value is -1.36. The third-order valence-corrected chi connectivity index (χ3v) is 3.28. The molecule has 0 radical (unpaired) electrons. The van der Waals surface area contributed by atoms with Crippen molar-refractivity contribution in [2.45, 2.75) is 39.5 Å². The van der Waals surface area contributed by atoms with Crippen LogP contribution < -0.4 is 16.0 Å². The molecule has 0 amide bonds. The molecule has 0 aromatic carbocycles. The van der Waals surface area contributed by atoms with E-state index in [0.29, 0.717) is 23.4 Å². The van der Waals surface area contributed by atoms with E-state index in [0.717, 1.165) is 12.2 Å². The summed E-state index contributed by atoms with van der Waals surface area (Å²) in [5.74, 6) is 8.05. The van der Waals surface area contributed by atoms with Crippen molar-refractivity contribution in [2.75, 3.05) is 12.0 Å². The van der Waals surface area contributed by atoms with Gasteiger partial charge in [-0.25, -0.2) is 10.8 Å². The topological polar surface area (TPSA) is 73.1 Å². The van der Waals surface area contributed by atoms with Crippen molar-refractivity contribution in [3.63, 3.8) is 0 Å². The zero-order valence-corrected chi connectivity index (χ0v) is 10.5. The third kappa shape index (κ3) is 2.85. The third-order valence-electron chi connectivity index (χ3n) is 3.28. The summed E-state index contributed by atoms with van der Waals surface area (Å²) < 4.78 is 5.80. The maximum absolute atomic E-state index is 5.80. The van der Waals surface area contributed by atoms with Crippen molar-refractivity contribution in [1.82, 2.24) is 9.97 Å². The number of hydrazine groups is 1. The predicted molar refractivity (Wildman–Crippen MR) is 66.8 cm³/mol. The first-order chi connectivity index (χ1) is 8.20. The second-order valence-corrected chi connectivity index (χ2v) is 4.66. The molecule has 0 bridgehead atoms. The van der Waals surface area contributed by atoms with E-state index in [9.17, 15) is 0 Å². The minimum Gasteiger partial charge on any atom is -0.477 e. The molecule has 17 heavy (non-hydrogen) atoms. The van der Waals surface area contributed by atoms with E-state index in [1.54, 1.807) is 0 Å². The normalized spacial score (nSPS) is 16.2. The molecule has 5 heteroatoms. The standard InChI is InChI=1S/C12H20N4O/c1-8-11(16-13)14-9(2)15-12(8)17-7-10-5-3-4-6-10/h10H,3-7,13H2,1-2H3,(H,14,15,16). The number of nitrogen functional groups attached to an aromatic ring is 1. The van der Waals surface area contributed by atoms with Gasteiger partial charge in [-0.1, -0.05) is 12.8 Å². The van der Waals surface area contributed by atoms with Gasteiger partial charge in [0.2, 0.25) is 5.88 Å². The largest absolute Gasteiger partial charge is 0.477 e. The molecule has 1 fully saturated rings. The molecule has 1 heterocycles. The Bertz CT molecular complexity index is 388. The molecule has 0 spiro atoms. The van der Waals surface area contributed by atoms with E-state index in [1.165, 1.54) is 25.7 Å². The highest BCUT2D eigenvalue weighted by atomic mass is 16.5. The van der Waals surface area contributed by atoms with E-state index in [1.807, 2.05) is 13.8 Å². The number of nitrogens with zero attached hydrogens (tertiary/aromatic N) is 2. The molecule has 94 valence electrons. The maximum Gasteiger partial charge on any atom is 0.221 e. The first-order valence-corrected chi connectivity index (χ1v) is 6.15. The zero-order chi connectivity index (χ0) is 12.3. The molecular formula is C12H20N4O. The van der Waals surface area contributed by atoms with Crippen LogP contribution in [0.5, 0.6) is 5.88 Å². The lowest BCUT2D eigenvalue weighted by Gasteiger charge is -2.14. The van der Waals surface area contributed by atoms with Gasteiger partial charge >= 0.3 is 0 Å². The molecule has 0 atom stereocenters. The van der Waals surface area contributed by atoms with Crippen molar-refractivity contribution in [3.05, 3.63) is 11.4 Å². The summed E-state index contributed by atoms with van der Waals surface area (Å²) in [5.41, 5.74) is 3.44. The first-order valence-electron chi connectivity index (χ1n) is 6.15. The lowest BCUT2D eigenvalue weighted by Crippen LogP contribution is -2.15. The zero-order valence-electron chi connectivity index (χ0n) is 10.5. The summed E-state index contributed by atoms with van der Waals surface area (Å²) in [6.07, 6.45) is 5.19. The summed E-state index contributed by atoms with van der Waals surface area (Å²) in [7, 11) is 0. The van der Waals surface area contributed by atoms with Crippen molar-refractivity contribution >= 4 is 5.82 Å². The maximum atomic E-state index is 5.80. The van der Waals surface area contributed by atoms with Crippen LogP contribution in [0.25, 0.3) is 0 Å². The van der Waals surface area contributed by atoms with E-state index in [-0.39, 0.29) is 0 Å². The van der Waals surface area contributed by atoms with Crippen molar-refractivity contribution < 1.29 is 4.74 Å². The second kappa shape index (κ2) is 5.31. The minimum absolute atomic E-state index is 0.638. The van der Waals surface area contributed by atoms with Gasteiger partial charge in [-0.15, -0.1) is 0 Å². The monoisotopic (exact) mass is 236 g/mol. The Labute approximate surface area is 102 Å². The van der Waals surface area contributed by atoms with Crippen LogP contribution in [0, 0.1) is 19.8 Å².